The van der Waals surface area contributed by atoms with E-state index in [0.717, 1.165) is 49.8 Å². The molecule has 5 nitrogen and oxygen atoms in total. The molecule has 0 atom stereocenters. The number of rotatable bonds is 10. The van der Waals surface area contributed by atoms with Crippen molar-refractivity contribution in [2.75, 3.05) is 26.3 Å². The number of aliphatic imine (C=N–C) groups is 1. The fraction of sp³-hybridized carbons (Fsp3) is 0.667. The summed E-state index contributed by atoms with van der Waals surface area (Å²) >= 11 is 0. The second kappa shape index (κ2) is 11.2. The van der Waals surface area contributed by atoms with Crippen LogP contribution in [0.15, 0.2) is 29.3 Å². The Morgan fingerprint density at radius 3 is 2.54 bits per heavy atom. The lowest BCUT2D eigenvalue weighted by Gasteiger charge is -2.30. The number of hydrogen-bond donors (Lipinski definition) is 3. The molecule has 0 bridgehead atoms. The van der Waals surface area contributed by atoms with Crippen molar-refractivity contribution in [3.63, 3.8) is 0 Å². The molecule has 0 spiro atoms. The highest BCUT2D eigenvalue weighted by Crippen LogP contribution is 2.40. The molecule has 1 aliphatic carbocycles. The van der Waals surface area contributed by atoms with Gasteiger partial charge in [0, 0.05) is 26.3 Å². The molecule has 1 saturated carbocycles. The molecule has 0 unspecified atom stereocenters. The summed E-state index contributed by atoms with van der Waals surface area (Å²) in [4.78, 5) is 4.73. The minimum atomic E-state index is 0.0518. The van der Waals surface area contributed by atoms with E-state index in [0.29, 0.717) is 12.0 Å². The van der Waals surface area contributed by atoms with Crippen LogP contribution in [0.25, 0.3) is 0 Å². The van der Waals surface area contributed by atoms with Gasteiger partial charge in [0.05, 0.1) is 13.2 Å². The minimum absolute atomic E-state index is 0.0518. The highest BCUT2D eigenvalue weighted by Gasteiger charge is 2.33. The van der Waals surface area contributed by atoms with Crippen LogP contribution in [-0.4, -0.2) is 37.4 Å². The summed E-state index contributed by atoms with van der Waals surface area (Å²) in [6.45, 7) is 8.16. The predicted octanol–water partition coefficient (Wildman–Crippen LogP) is 3.22. The van der Waals surface area contributed by atoms with Crippen LogP contribution >= 0.6 is 0 Å². The maximum Gasteiger partial charge on any atom is 0.191 e. The minimum Gasteiger partial charge on any atom is -0.392 e. The zero-order valence-electron chi connectivity index (χ0n) is 16.4. The summed E-state index contributed by atoms with van der Waals surface area (Å²) in [6.07, 6.45) is 6.26. The van der Waals surface area contributed by atoms with Crippen LogP contribution in [0.3, 0.4) is 0 Å². The van der Waals surface area contributed by atoms with Crippen molar-refractivity contribution in [3.8, 4) is 0 Å². The van der Waals surface area contributed by atoms with Crippen LogP contribution in [0, 0.1) is 5.41 Å². The first-order valence-corrected chi connectivity index (χ1v) is 10.0. The molecule has 0 saturated heterocycles. The molecule has 1 aromatic carbocycles. The maximum absolute atomic E-state index is 9.48. The van der Waals surface area contributed by atoms with Gasteiger partial charge in [-0.05, 0) is 49.7 Å². The Kier molecular flexibility index (Phi) is 8.92. The molecule has 1 aliphatic rings. The second-order valence-electron chi connectivity index (χ2n) is 7.13. The van der Waals surface area contributed by atoms with Gasteiger partial charge in [-0.25, -0.2) is 4.99 Å². The maximum atomic E-state index is 9.48. The van der Waals surface area contributed by atoms with E-state index in [4.69, 9.17) is 9.73 Å². The van der Waals surface area contributed by atoms with E-state index in [2.05, 4.69) is 24.5 Å². The van der Waals surface area contributed by atoms with E-state index in [1.165, 1.54) is 25.7 Å². The van der Waals surface area contributed by atoms with Gasteiger partial charge in [-0.1, -0.05) is 37.1 Å². The molecule has 3 N–H and O–H groups in total. The van der Waals surface area contributed by atoms with Crippen LogP contribution in [0.1, 0.15) is 57.1 Å². The first-order valence-electron chi connectivity index (χ1n) is 10.0. The van der Waals surface area contributed by atoms with Gasteiger partial charge in [0.1, 0.15) is 0 Å². The number of aliphatic hydroxyl groups excluding tert-OH is 1. The van der Waals surface area contributed by atoms with Crippen LogP contribution in [0.2, 0.25) is 0 Å². The van der Waals surface area contributed by atoms with E-state index in [9.17, 15) is 5.11 Å². The normalized spacial score (nSPS) is 16.7. The summed E-state index contributed by atoms with van der Waals surface area (Å²) in [7, 11) is 0. The first kappa shape index (κ1) is 20.7. The molecule has 1 aromatic rings. The third kappa shape index (κ3) is 6.29. The van der Waals surface area contributed by atoms with E-state index < -0.39 is 0 Å². The van der Waals surface area contributed by atoms with Gasteiger partial charge in [0.25, 0.3) is 0 Å². The molecule has 5 heteroatoms. The number of aliphatic hydroxyl groups is 1. The fourth-order valence-electron chi connectivity index (χ4n) is 3.72. The Bertz CT molecular complexity index is 554. The summed E-state index contributed by atoms with van der Waals surface area (Å²) in [5.74, 6) is 0.850. The predicted molar refractivity (Wildman–Crippen MR) is 107 cm³/mol. The highest BCUT2D eigenvalue weighted by molar-refractivity contribution is 5.79. The Labute approximate surface area is 158 Å². The van der Waals surface area contributed by atoms with Crippen molar-refractivity contribution in [2.45, 2.75) is 59.1 Å². The van der Waals surface area contributed by atoms with E-state index in [-0.39, 0.29) is 6.61 Å². The molecular weight excluding hydrogens is 326 g/mol. The first-order chi connectivity index (χ1) is 12.7. The number of guanidine groups is 1. The Morgan fingerprint density at radius 2 is 1.88 bits per heavy atom. The SMILES string of the molecule is CCNC(=NCc1ccccc1CO)NCC1(CCOCC)CCCC1. The third-order valence-corrected chi connectivity index (χ3v) is 5.32. The summed E-state index contributed by atoms with van der Waals surface area (Å²) in [6, 6.07) is 7.92. The largest absolute Gasteiger partial charge is 0.392 e. The molecule has 2 rings (SSSR count). The molecule has 26 heavy (non-hydrogen) atoms. The Morgan fingerprint density at radius 1 is 1.15 bits per heavy atom. The fourth-order valence-corrected chi connectivity index (χ4v) is 3.72. The molecule has 146 valence electrons. The van der Waals surface area contributed by atoms with E-state index in [1.54, 1.807) is 0 Å². The lowest BCUT2D eigenvalue weighted by atomic mass is 9.83. The summed E-state index contributed by atoms with van der Waals surface area (Å²) < 4.78 is 5.61. The van der Waals surface area contributed by atoms with Crippen LogP contribution < -0.4 is 10.6 Å². The van der Waals surface area contributed by atoms with Gasteiger partial charge < -0.3 is 20.5 Å². The Balaban J connectivity index is 1.97. The highest BCUT2D eigenvalue weighted by atomic mass is 16.5. The van der Waals surface area contributed by atoms with Crippen molar-refractivity contribution in [3.05, 3.63) is 35.4 Å². The smallest absolute Gasteiger partial charge is 0.191 e. The number of nitrogens with zero attached hydrogens (tertiary/aromatic N) is 1. The Hall–Kier alpha value is -1.59. The quantitative estimate of drug-likeness (QED) is 0.340. The van der Waals surface area contributed by atoms with Gasteiger partial charge in [0.15, 0.2) is 5.96 Å². The van der Waals surface area contributed by atoms with Gasteiger partial charge in [-0.3, -0.25) is 0 Å². The number of ether oxygens (including phenoxy) is 1. The average molecular weight is 362 g/mol. The lowest BCUT2D eigenvalue weighted by Crippen LogP contribution is -2.43. The summed E-state index contributed by atoms with van der Waals surface area (Å²) in [5, 5.41) is 16.4. The number of hydrogen-bond acceptors (Lipinski definition) is 3. The molecule has 0 aromatic heterocycles. The topological polar surface area (TPSA) is 65.9 Å². The van der Waals surface area contributed by atoms with Crippen LogP contribution in [0.5, 0.6) is 0 Å². The van der Waals surface area contributed by atoms with E-state index in [1.807, 2.05) is 24.3 Å². The molecule has 0 radical (unpaired) electrons. The van der Waals surface area contributed by atoms with Gasteiger partial charge >= 0.3 is 0 Å². The van der Waals surface area contributed by atoms with Gasteiger partial charge in [-0.15, -0.1) is 0 Å². The molecular formula is C21H35N3O2. The van der Waals surface area contributed by atoms with Crippen LogP contribution in [0.4, 0.5) is 0 Å². The van der Waals surface area contributed by atoms with Crippen molar-refractivity contribution >= 4 is 5.96 Å². The number of nitrogens with one attached hydrogen (secondary N) is 2. The molecule has 0 amide bonds. The molecule has 0 aliphatic heterocycles. The van der Waals surface area contributed by atoms with Crippen molar-refractivity contribution < 1.29 is 9.84 Å². The second-order valence-corrected chi connectivity index (χ2v) is 7.13. The summed E-state index contributed by atoms with van der Waals surface area (Å²) in [5.41, 5.74) is 2.34. The van der Waals surface area contributed by atoms with Gasteiger partial charge in [0.2, 0.25) is 0 Å². The number of benzene rings is 1. The van der Waals surface area contributed by atoms with Crippen molar-refractivity contribution in [1.82, 2.24) is 10.6 Å². The zero-order valence-corrected chi connectivity index (χ0v) is 16.4. The zero-order chi connectivity index (χ0) is 18.7. The molecule has 0 heterocycles. The monoisotopic (exact) mass is 361 g/mol. The lowest BCUT2D eigenvalue weighted by molar-refractivity contribution is 0.105. The van der Waals surface area contributed by atoms with Crippen molar-refractivity contribution in [2.24, 2.45) is 10.4 Å². The van der Waals surface area contributed by atoms with E-state index >= 15 is 0 Å². The molecule has 1 fully saturated rings. The van der Waals surface area contributed by atoms with Crippen molar-refractivity contribution in [1.29, 1.82) is 0 Å². The van der Waals surface area contributed by atoms with Crippen LogP contribution in [-0.2, 0) is 17.9 Å². The third-order valence-electron chi connectivity index (χ3n) is 5.32. The van der Waals surface area contributed by atoms with Gasteiger partial charge in [-0.2, -0.15) is 0 Å². The standard InChI is InChI=1S/C21H35N3O2/c1-3-22-20(23-15-18-9-5-6-10-19(18)16-25)24-17-21(11-7-8-12-21)13-14-26-4-2/h5-6,9-10,25H,3-4,7-8,11-17H2,1-2H3,(H2,22,23,24). The average Bonchev–Trinajstić information content (AvgIpc) is 3.13.